The maximum atomic E-state index is 13.1. The Morgan fingerprint density at radius 2 is 2.16 bits per heavy atom. The summed E-state index contributed by atoms with van der Waals surface area (Å²) in [4.78, 5) is 38.3. The molecule has 4 rings (SSSR count). The average Bonchev–Trinajstić information content (AvgIpc) is 3.21. The van der Waals surface area contributed by atoms with E-state index in [-0.39, 0.29) is 36.3 Å². The molecule has 9 heteroatoms. The van der Waals surface area contributed by atoms with Crippen molar-refractivity contribution in [3.63, 3.8) is 0 Å². The average molecular weight is 425 g/mol. The van der Waals surface area contributed by atoms with E-state index in [1.165, 1.54) is 0 Å². The van der Waals surface area contributed by atoms with Crippen molar-refractivity contribution < 1.29 is 14.3 Å². The van der Waals surface area contributed by atoms with E-state index >= 15 is 0 Å². The van der Waals surface area contributed by atoms with Crippen LogP contribution in [0.2, 0.25) is 0 Å². The Labute approximate surface area is 181 Å². The van der Waals surface area contributed by atoms with Crippen molar-refractivity contribution in [2.75, 3.05) is 34.8 Å². The summed E-state index contributed by atoms with van der Waals surface area (Å²) in [6, 6.07) is 8.45. The molecular formula is C22H28N6O3. The molecule has 0 spiro atoms. The Kier molecular flexibility index (Phi) is 6.03. The first-order chi connectivity index (χ1) is 15.0. The third kappa shape index (κ3) is 4.32. The number of pyridine rings is 2. The zero-order chi connectivity index (χ0) is 22.0. The molecule has 2 aliphatic heterocycles. The Balaban J connectivity index is 1.55. The summed E-state index contributed by atoms with van der Waals surface area (Å²) in [6.45, 7) is 5.76. The van der Waals surface area contributed by atoms with Crippen molar-refractivity contribution in [1.82, 2.24) is 9.97 Å². The van der Waals surface area contributed by atoms with E-state index in [0.29, 0.717) is 11.6 Å². The molecule has 1 unspecified atom stereocenters. The van der Waals surface area contributed by atoms with Crippen LogP contribution in [0.15, 0.2) is 36.5 Å². The molecule has 2 aromatic rings. The second-order valence-corrected chi connectivity index (χ2v) is 8.09. The van der Waals surface area contributed by atoms with Gasteiger partial charge < -0.3 is 15.4 Å². The van der Waals surface area contributed by atoms with Crippen molar-refractivity contribution in [2.24, 2.45) is 11.7 Å². The third-order valence-corrected chi connectivity index (χ3v) is 5.96. The number of nitrogens with two attached hydrogens (primary N) is 1. The fourth-order valence-corrected chi connectivity index (χ4v) is 4.00. The number of esters is 1. The number of hydrogen-bond donors (Lipinski definition) is 2. The van der Waals surface area contributed by atoms with E-state index in [1.54, 1.807) is 29.3 Å². The SMILES string of the molecule is CC[C@@H](N)C(C)COC(=O)c1ccc2c(n1)N(C(=O)Nc1ccccn1)[C@H]1CCN2C1. The second-order valence-electron chi connectivity index (χ2n) is 8.09. The smallest absolute Gasteiger partial charge is 0.357 e. The fraction of sp³-hybridized carbons (Fsp3) is 0.455. The zero-order valence-electron chi connectivity index (χ0n) is 17.8. The number of anilines is 3. The van der Waals surface area contributed by atoms with Crippen LogP contribution in [-0.4, -0.2) is 53.7 Å². The van der Waals surface area contributed by atoms with Crippen LogP contribution < -0.4 is 20.9 Å². The van der Waals surface area contributed by atoms with Gasteiger partial charge >= 0.3 is 12.0 Å². The number of amides is 2. The quantitative estimate of drug-likeness (QED) is 0.685. The van der Waals surface area contributed by atoms with Crippen LogP contribution in [0.5, 0.6) is 0 Å². The van der Waals surface area contributed by atoms with Crippen LogP contribution in [-0.2, 0) is 4.74 Å². The zero-order valence-corrected chi connectivity index (χ0v) is 17.8. The van der Waals surface area contributed by atoms with E-state index in [9.17, 15) is 9.59 Å². The van der Waals surface area contributed by atoms with Crippen molar-refractivity contribution in [3.8, 4) is 0 Å². The largest absolute Gasteiger partial charge is 0.461 e. The van der Waals surface area contributed by atoms with E-state index in [1.807, 2.05) is 26.0 Å². The molecule has 2 aromatic heterocycles. The summed E-state index contributed by atoms with van der Waals surface area (Å²) < 4.78 is 5.44. The number of aromatic nitrogens is 2. The number of carbonyl (C=O) groups is 2. The Morgan fingerprint density at radius 1 is 1.32 bits per heavy atom. The lowest BCUT2D eigenvalue weighted by atomic mass is 10.0. The fourth-order valence-electron chi connectivity index (χ4n) is 4.00. The minimum absolute atomic E-state index is 0.0162. The van der Waals surface area contributed by atoms with Crippen LogP contribution in [0.4, 0.5) is 22.1 Å². The predicted molar refractivity (Wildman–Crippen MR) is 118 cm³/mol. The number of hydrogen-bond acceptors (Lipinski definition) is 7. The van der Waals surface area contributed by atoms with Crippen LogP contribution >= 0.6 is 0 Å². The predicted octanol–water partition coefficient (Wildman–Crippen LogP) is 2.64. The van der Waals surface area contributed by atoms with Crippen molar-refractivity contribution in [3.05, 3.63) is 42.2 Å². The normalized spacial score (nSPS) is 18.9. The van der Waals surface area contributed by atoms with Gasteiger partial charge in [0.15, 0.2) is 11.5 Å². The molecule has 31 heavy (non-hydrogen) atoms. The van der Waals surface area contributed by atoms with Crippen LogP contribution in [0.1, 0.15) is 37.2 Å². The lowest BCUT2D eigenvalue weighted by molar-refractivity contribution is 0.0425. The number of rotatable bonds is 6. The van der Waals surface area contributed by atoms with Crippen molar-refractivity contribution in [2.45, 2.75) is 38.8 Å². The van der Waals surface area contributed by atoms with Gasteiger partial charge in [-0.25, -0.2) is 19.6 Å². The molecule has 4 heterocycles. The van der Waals surface area contributed by atoms with Gasteiger partial charge in [-0.2, -0.15) is 0 Å². The Bertz CT molecular complexity index is 954. The molecule has 2 aliphatic rings. The molecule has 0 radical (unpaired) electrons. The van der Waals surface area contributed by atoms with Crippen LogP contribution in [0.25, 0.3) is 0 Å². The van der Waals surface area contributed by atoms with Gasteiger partial charge in [0.05, 0.1) is 18.3 Å². The van der Waals surface area contributed by atoms with Crippen molar-refractivity contribution in [1.29, 1.82) is 0 Å². The number of fused-ring (bicyclic) bond motifs is 4. The van der Waals surface area contributed by atoms with Gasteiger partial charge in [0.2, 0.25) is 0 Å². The number of nitrogens with zero attached hydrogens (tertiary/aromatic N) is 4. The molecule has 164 valence electrons. The van der Waals surface area contributed by atoms with Gasteiger partial charge in [0.1, 0.15) is 5.82 Å². The lowest BCUT2D eigenvalue weighted by Crippen LogP contribution is -2.48. The molecule has 0 aliphatic carbocycles. The van der Waals surface area contributed by atoms with Gasteiger partial charge in [-0.1, -0.05) is 19.9 Å². The highest BCUT2D eigenvalue weighted by Crippen LogP contribution is 2.39. The topological polar surface area (TPSA) is 114 Å². The molecule has 3 N–H and O–H groups in total. The highest BCUT2D eigenvalue weighted by Gasteiger charge is 2.40. The lowest BCUT2D eigenvalue weighted by Gasteiger charge is -2.35. The van der Waals surface area contributed by atoms with Crippen LogP contribution in [0.3, 0.4) is 0 Å². The first kappa shape index (κ1) is 21.0. The standard InChI is InChI=1S/C22H28N6O3/c1-3-16(23)14(2)13-31-21(29)17-7-8-18-20(25-17)28(15-9-11-27(18)12-15)22(30)26-19-6-4-5-10-24-19/h4-8,10,14-16H,3,9,11-13,23H2,1-2H3,(H,24,26,30)/t14?,15-,16+/m0/s1. The van der Waals surface area contributed by atoms with E-state index in [0.717, 1.165) is 31.6 Å². The molecule has 1 fully saturated rings. The van der Waals surface area contributed by atoms with Gasteiger partial charge in [-0.3, -0.25) is 10.2 Å². The summed E-state index contributed by atoms with van der Waals surface area (Å²) in [5, 5.41) is 2.83. The minimum Gasteiger partial charge on any atom is -0.461 e. The maximum Gasteiger partial charge on any atom is 0.357 e. The number of carbonyl (C=O) groups excluding carboxylic acids is 2. The van der Waals surface area contributed by atoms with Gasteiger partial charge in [0.25, 0.3) is 0 Å². The third-order valence-electron chi connectivity index (χ3n) is 5.96. The van der Waals surface area contributed by atoms with Crippen LogP contribution in [0, 0.1) is 5.92 Å². The summed E-state index contributed by atoms with van der Waals surface area (Å²) >= 11 is 0. The van der Waals surface area contributed by atoms with Gasteiger partial charge in [0, 0.05) is 31.2 Å². The molecule has 0 aromatic carbocycles. The first-order valence-electron chi connectivity index (χ1n) is 10.7. The van der Waals surface area contributed by atoms with E-state index in [4.69, 9.17) is 10.5 Å². The monoisotopic (exact) mass is 424 g/mol. The van der Waals surface area contributed by atoms with Gasteiger partial charge in [-0.15, -0.1) is 0 Å². The maximum absolute atomic E-state index is 13.1. The second kappa shape index (κ2) is 8.89. The summed E-state index contributed by atoms with van der Waals surface area (Å²) in [7, 11) is 0. The summed E-state index contributed by atoms with van der Waals surface area (Å²) in [6.07, 6.45) is 3.26. The molecule has 2 amide bonds. The van der Waals surface area contributed by atoms with E-state index in [2.05, 4.69) is 20.2 Å². The van der Waals surface area contributed by atoms with Crippen molar-refractivity contribution >= 4 is 29.3 Å². The molecule has 9 nitrogen and oxygen atoms in total. The molecule has 1 saturated heterocycles. The minimum atomic E-state index is -0.518. The number of ether oxygens (including phenoxy) is 1. The Morgan fingerprint density at radius 3 is 2.90 bits per heavy atom. The first-order valence-corrected chi connectivity index (χ1v) is 10.7. The van der Waals surface area contributed by atoms with E-state index < -0.39 is 5.97 Å². The highest BCUT2D eigenvalue weighted by molar-refractivity contribution is 6.04. The summed E-state index contributed by atoms with van der Waals surface area (Å²) in [5.74, 6) is 0.464. The molecular weight excluding hydrogens is 396 g/mol. The van der Waals surface area contributed by atoms with Gasteiger partial charge in [-0.05, 0) is 37.1 Å². The summed E-state index contributed by atoms with van der Waals surface area (Å²) in [5.41, 5.74) is 7.03. The molecule has 0 saturated carbocycles. The molecule has 2 bridgehead atoms. The molecule has 3 atom stereocenters. The number of nitrogens with one attached hydrogen (secondary N) is 1. The highest BCUT2D eigenvalue weighted by atomic mass is 16.5. The number of urea groups is 1. The Hall–Kier alpha value is -3.20.